The summed E-state index contributed by atoms with van der Waals surface area (Å²) >= 11 is 0. The van der Waals surface area contributed by atoms with Crippen LogP contribution in [0, 0.1) is 6.92 Å². The molecule has 2 heterocycles. The molecule has 2 N–H and O–H groups in total. The van der Waals surface area contributed by atoms with Gasteiger partial charge in [-0.15, -0.1) is 0 Å². The third-order valence-electron chi connectivity index (χ3n) is 4.13. The van der Waals surface area contributed by atoms with E-state index in [0.29, 0.717) is 12.0 Å². The largest absolute Gasteiger partial charge is 0.355 e. The number of nitrogens with one attached hydrogen (secondary N) is 2. The highest BCUT2D eigenvalue weighted by molar-refractivity contribution is 5.44. The van der Waals surface area contributed by atoms with Crippen molar-refractivity contribution >= 4 is 11.8 Å². The van der Waals surface area contributed by atoms with E-state index < -0.39 is 0 Å². The van der Waals surface area contributed by atoms with Crippen molar-refractivity contribution in [2.45, 2.75) is 25.9 Å². The highest BCUT2D eigenvalue weighted by Gasteiger charge is 2.22. The maximum atomic E-state index is 4.63. The van der Waals surface area contributed by atoms with Gasteiger partial charge < -0.3 is 15.5 Å². The van der Waals surface area contributed by atoms with E-state index in [0.717, 1.165) is 31.9 Å². The summed E-state index contributed by atoms with van der Waals surface area (Å²) in [5, 5.41) is 6.63. The van der Waals surface area contributed by atoms with Crippen LogP contribution in [0.4, 0.5) is 11.8 Å². The summed E-state index contributed by atoms with van der Waals surface area (Å²) in [5.41, 5.74) is 2.51. The summed E-state index contributed by atoms with van der Waals surface area (Å²) in [6.07, 6.45) is 2.99. The molecular weight excluding hydrogens is 274 g/mol. The Bertz CT molecular complexity index is 611. The van der Waals surface area contributed by atoms with E-state index in [4.69, 9.17) is 0 Å². The second kappa shape index (κ2) is 6.75. The van der Waals surface area contributed by atoms with Crippen LogP contribution in [-0.4, -0.2) is 36.1 Å². The molecule has 0 radical (unpaired) electrons. The SMILES string of the molecule is CN[C@@H]1CCN(c2ccnc(NCc3ccc(C)cc3)n2)C1. The summed E-state index contributed by atoms with van der Waals surface area (Å²) in [4.78, 5) is 11.3. The van der Waals surface area contributed by atoms with Gasteiger partial charge in [-0.1, -0.05) is 29.8 Å². The average molecular weight is 297 g/mol. The molecule has 5 nitrogen and oxygen atoms in total. The van der Waals surface area contributed by atoms with Crippen LogP contribution in [0.15, 0.2) is 36.5 Å². The molecule has 22 heavy (non-hydrogen) atoms. The predicted octanol–water partition coefficient (Wildman–Crippen LogP) is 2.20. The molecule has 0 spiro atoms. The summed E-state index contributed by atoms with van der Waals surface area (Å²) in [5.74, 6) is 1.69. The van der Waals surface area contributed by atoms with Gasteiger partial charge in [-0.05, 0) is 32.0 Å². The van der Waals surface area contributed by atoms with Gasteiger partial charge in [0.15, 0.2) is 0 Å². The molecule has 1 aromatic heterocycles. The Kier molecular flexibility index (Phi) is 4.53. The minimum atomic E-state index is 0.555. The number of likely N-dealkylation sites (N-methyl/N-ethyl adjacent to an activating group) is 1. The van der Waals surface area contributed by atoms with E-state index in [2.05, 4.69) is 56.7 Å². The zero-order valence-electron chi connectivity index (χ0n) is 13.2. The summed E-state index contributed by atoms with van der Waals surface area (Å²) < 4.78 is 0. The third-order valence-corrected chi connectivity index (χ3v) is 4.13. The molecule has 0 unspecified atom stereocenters. The van der Waals surface area contributed by atoms with E-state index >= 15 is 0 Å². The lowest BCUT2D eigenvalue weighted by molar-refractivity contribution is 0.616. The Morgan fingerprint density at radius 1 is 1.23 bits per heavy atom. The van der Waals surface area contributed by atoms with Crippen molar-refractivity contribution in [3.8, 4) is 0 Å². The first-order chi connectivity index (χ1) is 10.7. The van der Waals surface area contributed by atoms with Crippen LogP contribution >= 0.6 is 0 Å². The average Bonchev–Trinajstić information content (AvgIpc) is 3.04. The zero-order valence-corrected chi connectivity index (χ0v) is 13.2. The van der Waals surface area contributed by atoms with Crippen molar-refractivity contribution in [2.24, 2.45) is 0 Å². The zero-order chi connectivity index (χ0) is 15.4. The van der Waals surface area contributed by atoms with Gasteiger partial charge in [0.05, 0.1) is 0 Å². The fourth-order valence-electron chi connectivity index (χ4n) is 2.70. The molecule has 0 bridgehead atoms. The van der Waals surface area contributed by atoms with Crippen molar-refractivity contribution in [3.05, 3.63) is 47.7 Å². The monoisotopic (exact) mass is 297 g/mol. The number of rotatable bonds is 5. The second-order valence-electron chi connectivity index (χ2n) is 5.80. The van der Waals surface area contributed by atoms with Gasteiger partial charge in [0.1, 0.15) is 5.82 Å². The fourth-order valence-corrected chi connectivity index (χ4v) is 2.70. The molecule has 1 atom stereocenters. The van der Waals surface area contributed by atoms with Crippen LogP contribution < -0.4 is 15.5 Å². The number of benzene rings is 1. The first-order valence-corrected chi connectivity index (χ1v) is 7.79. The third kappa shape index (κ3) is 3.54. The van der Waals surface area contributed by atoms with Gasteiger partial charge in [-0.25, -0.2) is 4.98 Å². The van der Waals surface area contributed by atoms with Gasteiger partial charge in [0.2, 0.25) is 5.95 Å². The van der Waals surface area contributed by atoms with Crippen LogP contribution in [0.2, 0.25) is 0 Å². The highest BCUT2D eigenvalue weighted by atomic mass is 15.3. The van der Waals surface area contributed by atoms with E-state index in [1.54, 1.807) is 0 Å². The quantitative estimate of drug-likeness (QED) is 0.886. The molecule has 1 fully saturated rings. The lowest BCUT2D eigenvalue weighted by Gasteiger charge is -2.18. The van der Waals surface area contributed by atoms with Gasteiger partial charge in [0, 0.05) is 31.9 Å². The molecule has 1 aliphatic rings. The van der Waals surface area contributed by atoms with Crippen LogP contribution in [0.1, 0.15) is 17.5 Å². The van der Waals surface area contributed by atoms with Gasteiger partial charge in [-0.3, -0.25) is 0 Å². The van der Waals surface area contributed by atoms with Gasteiger partial charge in [-0.2, -0.15) is 4.98 Å². The molecular formula is C17H23N5. The van der Waals surface area contributed by atoms with Crippen LogP contribution in [0.3, 0.4) is 0 Å². The van der Waals surface area contributed by atoms with Gasteiger partial charge in [0.25, 0.3) is 0 Å². The van der Waals surface area contributed by atoms with Crippen molar-refractivity contribution in [1.29, 1.82) is 0 Å². The summed E-state index contributed by atoms with van der Waals surface area (Å²) in [7, 11) is 2.02. The standard InChI is InChI=1S/C17H23N5/c1-13-3-5-14(6-4-13)11-20-17-19-9-7-16(21-17)22-10-8-15(12-22)18-2/h3-7,9,15,18H,8,10-12H2,1-2H3,(H,19,20,21)/t15-/m1/s1. The number of nitrogens with zero attached hydrogens (tertiary/aromatic N) is 3. The van der Waals surface area contributed by atoms with E-state index in [1.165, 1.54) is 11.1 Å². The molecule has 2 aromatic rings. The topological polar surface area (TPSA) is 53.1 Å². The van der Waals surface area contributed by atoms with Crippen molar-refractivity contribution in [2.75, 3.05) is 30.4 Å². The molecule has 0 amide bonds. The minimum absolute atomic E-state index is 0.555. The van der Waals surface area contributed by atoms with Crippen LogP contribution in [-0.2, 0) is 6.54 Å². The summed E-state index contributed by atoms with van der Waals surface area (Å²) in [6.45, 7) is 4.88. The Morgan fingerprint density at radius 3 is 2.77 bits per heavy atom. The van der Waals surface area contributed by atoms with E-state index in [1.807, 2.05) is 19.3 Å². The first-order valence-electron chi connectivity index (χ1n) is 7.79. The molecule has 1 aromatic carbocycles. The lowest BCUT2D eigenvalue weighted by atomic mass is 10.1. The summed E-state index contributed by atoms with van der Waals surface area (Å²) in [6, 6.07) is 11.0. The second-order valence-corrected chi connectivity index (χ2v) is 5.80. The maximum Gasteiger partial charge on any atom is 0.224 e. The Hall–Kier alpha value is -2.14. The number of anilines is 2. The molecule has 116 valence electrons. The molecule has 5 heteroatoms. The van der Waals surface area contributed by atoms with E-state index in [9.17, 15) is 0 Å². The maximum absolute atomic E-state index is 4.63. The molecule has 0 aliphatic carbocycles. The number of aryl methyl sites for hydroxylation is 1. The smallest absolute Gasteiger partial charge is 0.224 e. The normalized spacial score (nSPS) is 17.7. The minimum Gasteiger partial charge on any atom is -0.355 e. The molecule has 1 aliphatic heterocycles. The Labute approximate surface area is 131 Å². The Morgan fingerprint density at radius 2 is 2.05 bits per heavy atom. The lowest BCUT2D eigenvalue weighted by Crippen LogP contribution is -2.29. The first kappa shape index (κ1) is 14.8. The van der Waals surface area contributed by atoms with Crippen molar-refractivity contribution < 1.29 is 0 Å². The van der Waals surface area contributed by atoms with Gasteiger partial charge >= 0.3 is 0 Å². The number of hydrogen-bond acceptors (Lipinski definition) is 5. The van der Waals surface area contributed by atoms with Crippen LogP contribution in [0.5, 0.6) is 0 Å². The number of hydrogen-bond donors (Lipinski definition) is 2. The fraction of sp³-hybridized carbons (Fsp3) is 0.412. The van der Waals surface area contributed by atoms with E-state index in [-0.39, 0.29) is 0 Å². The molecule has 3 rings (SSSR count). The highest BCUT2D eigenvalue weighted by Crippen LogP contribution is 2.18. The van der Waals surface area contributed by atoms with Crippen LogP contribution in [0.25, 0.3) is 0 Å². The number of aromatic nitrogens is 2. The Balaban J connectivity index is 1.63. The molecule has 1 saturated heterocycles. The van der Waals surface area contributed by atoms with Crippen molar-refractivity contribution in [1.82, 2.24) is 15.3 Å². The molecule has 0 saturated carbocycles. The predicted molar refractivity (Wildman–Crippen MR) is 90.2 cm³/mol. The van der Waals surface area contributed by atoms with Crippen molar-refractivity contribution in [3.63, 3.8) is 0 Å².